The number of aromatic nitrogens is 1. The Bertz CT molecular complexity index is 335. The van der Waals surface area contributed by atoms with E-state index in [1.165, 1.54) is 0 Å². The molecule has 0 amide bonds. The first-order chi connectivity index (χ1) is 5.95. The number of halogens is 3. The Balaban J connectivity index is 3.17. The Labute approximate surface area is 71.4 Å². The molecule has 0 aliphatic rings. The topological polar surface area (TPSA) is 56.0 Å². The van der Waals surface area contributed by atoms with Crippen molar-refractivity contribution in [2.45, 2.75) is 6.18 Å². The number of nitrogens with zero attached hydrogens (tertiary/aromatic N) is 1. The number of hydrogen-bond donors (Lipinski definition) is 1. The van der Waals surface area contributed by atoms with Gasteiger partial charge in [0.25, 0.3) is 0 Å². The number of alkyl halides is 3. The molecule has 0 aromatic carbocycles. The summed E-state index contributed by atoms with van der Waals surface area (Å²) in [6, 6.07) is 1.69. The third kappa shape index (κ3) is 1.95. The molecule has 1 heterocycles. The van der Waals surface area contributed by atoms with E-state index in [2.05, 4.69) is 4.98 Å². The van der Waals surface area contributed by atoms with Gasteiger partial charge in [0.2, 0.25) is 0 Å². The van der Waals surface area contributed by atoms with Gasteiger partial charge in [0.05, 0.1) is 5.56 Å². The molecule has 0 atom stereocenters. The number of carbonyl (C=O) groups excluding carboxylic acids is 1. The Kier molecular flexibility index (Phi) is 2.22. The first-order valence-corrected chi connectivity index (χ1v) is 3.24. The summed E-state index contributed by atoms with van der Waals surface area (Å²) in [6.07, 6.45) is -4.18. The van der Waals surface area contributed by atoms with Crippen LogP contribution in [0.15, 0.2) is 12.1 Å². The molecule has 1 rings (SSSR count). The van der Waals surface area contributed by atoms with Crippen LogP contribution in [-0.4, -0.2) is 11.3 Å². The number of nitrogen functional groups attached to an aromatic ring is 1. The van der Waals surface area contributed by atoms with E-state index in [-0.39, 0.29) is 5.56 Å². The van der Waals surface area contributed by atoms with Gasteiger partial charge in [0.15, 0.2) is 6.29 Å². The van der Waals surface area contributed by atoms with Crippen LogP contribution < -0.4 is 5.73 Å². The van der Waals surface area contributed by atoms with Gasteiger partial charge >= 0.3 is 6.18 Å². The van der Waals surface area contributed by atoms with Gasteiger partial charge in [0, 0.05) is 0 Å². The second-order valence-electron chi connectivity index (χ2n) is 2.29. The first kappa shape index (κ1) is 9.50. The van der Waals surface area contributed by atoms with Crippen LogP contribution in [0.25, 0.3) is 0 Å². The maximum atomic E-state index is 12.0. The van der Waals surface area contributed by atoms with Crippen molar-refractivity contribution in [1.29, 1.82) is 0 Å². The molecule has 0 radical (unpaired) electrons. The van der Waals surface area contributed by atoms with Gasteiger partial charge in [-0.05, 0) is 12.1 Å². The summed E-state index contributed by atoms with van der Waals surface area (Å²) in [5.41, 5.74) is 3.94. The molecule has 1 aromatic heterocycles. The largest absolute Gasteiger partial charge is 0.433 e. The van der Waals surface area contributed by atoms with E-state index in [1.54, 1.807) is 0 Å². The van der Waals surface area contributed by atoms with E-state index in [9.17, 15) is 18.0 Å². The molecule has 0 aliphatic heterocycles. The average molecular weight is 190 g/mol. The molecule has 0 fully saturated rings. The highest BCUT2D eigenvalue weighted by Gasteiger charge is 2.32. The molecule has 0 saturated carbocycles. The molecule has 0 aliphatic carbocycles. The second kappa shape index (κ2) is 3.04. The number of hydrogen-bond acceptors (Lipinski definition) is 3. The number of rotatable bonds is 1. The van der Waals surface area contributed by atoms with Crippen LogP contribution in [0.3, 0.4) is 0 Å². The fourth-order valence-electron chi connectivity index (χ4n) is 0.743. The monoisotopic (exact) mass is 190 g/mol. The molecule has 2 N–H and O–H groups in total. The van der Waals surface area contributed by atoms with Crippen LogP contribution in [0.2, 0.25) is 0 Å². The van der Waals surface area contributed by atoms with Gasteiger partial charge in [-0.15, -0.1) is 0 Å². The van der Waals surface area contributed by atoms with Crippen molar-refractivity contribution in [3.63, 3.8) is 0 Å². The fourth-order valence-corrected chi connectivity index (χ4v) is 0.743. The van der Waals surface area contributed by atoms with Crippen molar-refractivity contribution in [2.75, 3.05) is 5.73 Å². The van der Waals surface area contributed by atoms with Crippen molar-refractivity contribution < 1.29 is 18.0 Å². The van der Waals surface area contributed by atoms with Crippen LogP contribution >= 0.6 is 0 Å². The summed E-state index contributed by atoms with van der Waals surface area (Å²) >= 11 is 0. The number of anilines is 1. The molecule has 0 spiro atoms. The highest BCUT2D eigenvalue weighted by Crippen LogP contribution is 2.28. The van der Waals surface area contributed by atoms with Crippen LogP contribution in [0.5, 0.6) is 0 Å². The SMILES string of the molecule is Nc1nc(C(F)(F)F)ccc1C=O. The quantitative estimate of drug-likeness (QED) is 0.682. The fraction of sp³-hybridized carbons (Fsp3) is 0.143. The molecule has 0 bridgehead atoms. The lowest BCUT2D eigenvalue weighted by Gasteiger charge is -2.06. The number of pyridine rings is 1. The lowest BCUT2D eigenvalue weighted by atomic mass is 10.2. The predicted molar refractivity (Wildman–Crippen MR) is 39.0 cm³/mol. The molecule has 6 heteroatoms. The van der Waals surface area contributed by atoms with Gasteiger partial charge in [-0.1, -0.05) is 0 Å². The number of nitrogens with two attached hydrogens (primary N) is 1. The third-order valence-electron chi connectivity index (χ3n) is 1.37. The second-order valence-corrected chi connectivity index (χ2v) is 2.29. The Morgan fingerprint density at radius 1 is 1.38 bits per heavy atom. The Morgan fingerprint density at radius 3 is 2.38 bits per heavy atom. The van der Waals surface area contributed by atoms with E-state index in [1.807, 2.05) is 0 Å². The summed E-state index contributed by atoms with van der Waals surface area (Å²) in [4.78, 5) is 13.2. The summed E-state index contributed by atoms with van der Waals surface area (Å²) in [5, 5.41) is 0. The summed E-state index contributed by atoms with van der Waals surface area (Å²) in [6.45, 7) is 0. The summed E-state index contributed by atoms with van der Waals surface area (Å²) in [5.74, 6) is -0.412. The maximum Gasteiger partial charge on any atom is 0.433 e. The van der Waals surface area contributed by atoms with Crippen molar-refractivity contribution in [3.8, 4) is 0 Å². The minimum atomic E-state index is -4.53. The van der Waals surface area contributed by atoms with E-state index < -0.39 is 17.7 Å². The molecule has 3 nitrogen and oxygen atoms in total. The number of aldehydes is 1. The molecule has 0 unspecified atom stereocenters. The van der Waals surface area contributed by atoms with Crippen LogP contribution in [-0.2, 0) is 6.18 Å². The predicted octanol–water partition coefficient (Wildman–Crippen LogP) is 1.50. The van der Waals surface area contributed by atoms with E-state index in [4.69, 9.17) is 5.73 Å². The minimum Gasteiger partial charge on any atom is -0.383 e. The molecule has 70 valence electrons. The lowest BCUT2D eigenvalue weighted by Crippen LogP contribution is -2.10. The van der Waals surface area contributed by atoms with E-state index in [0.717, 1.165) is 6.07 Å². The molecule has 13 heavy (non-hydrogen) atoms. The van der Waals surface area contributed by atoms with Crippen LogP contribution in [0.4, 0.5) is 19.0 Å². The molecular weight excluding hydrogens is 185 g/mol. The zero-order valence-electron chi connectivity index (χ0n) is 6.30. The Hall–Kier alpha value is -1.59. The standard InChI is InChI=1S/C7H5F3N2O/c8-7(9,10)5-2-1-4(3-13)6(11)12-5/h1-3H,(H2,11,12). The lowest BCUT2D eigenvalue weighted by molar-refractivity contribution is -0.141. The van der Waals surface area contributed by atoms with Crippen LogP contribution in [0.1, 0.15) is 16.1 Å². The maximum absolute atomic E-state index is 12.0. The third-order valence-corrected chi connectivity index (χ3v) is 1.37. The summed E-state index contributed by atoms with van der Waals surface area (Å²) < 4.78 is 36.0. The minimum absolute atomic E-state index is 0.0481. The van der Waals surface area contributed by atoms with Gasteiger partial charge in [-0.2, -0.15) is 13.2 Å². The van der Waals surface area contributed by atoms with E-state index >= 15 is 0 Å². The molecule has 0 saturated heterocycles. The van der Waals surface area contributed by atoms with Crippen molar-refractivity contribution in [3.05, 3.63) is 23.4 Å². The normalized spacial score (nSPS) is 11.3. The van der Waals surface area contributed by atoms with Crippen LogP contribution in [0, 0.1) is 0 Å². The highest BCUT2D eigenvalue weighted by molar-refractivity contribution is 5.81. The van der Waals surface area contributed by atoms with Gasteiger partial charge in [0.1, 0.15) is 11.5 Å². The van der Waals surface area contributed by atoms with Gasteiger partial charge < -0.3 is 5.73 Å². The van der Waals surface area contributed by atoms with Crippen molar-refractivity contribution >= 4 is 12.1 Å². The number of carbonyl (C=O) groups is 1. The van der Waals surface area contributed by atoms with Gasteiger partial charge in [-0.25, -0.2) is 4.98 Å². The first-order valence-electron chi connectivity index (χ1n) is 3.24. The average Bonchev–Trinajstić information content (AvgIpc) is 2.02. The smallest absolute Gasteiger partial charge is 0.383 e. The van der Waals surface area contributed by atoms with Gasteiger partial charge in [-0.3, -0.25) is 4.79 Å². The molecule has 1 aromatic rings. The Morgan fingerprint density at radius 2 is 2.00 bits per heavy atom. The zero-order valence-corrected chi connectivity index (χ0v) is 6.30. The van der Waals surface area contributed by atoms with Crippen molar-refractivity contribution in [1.82, 2.24) is 4.98 Å². The van der Waals surface area contributed by atoms with Crippen molar-refractivity contribution in [2.24, 2.45) is 0 Å². The summed E-state index contributed by atoms with van der Waals surface area (Å²) in [7, 11) is 0. The highest BCUT2D eigenvalue weighted by atomic mass is 19.4. The zero-order chi connectivity index (χ0) is 10.1. The molecular formula is C7H5F3N2O. The van der Waals surface area contributed by atoms with E-state index in [0.29, 0.717) is 12.4 Å².